The van der Waals surface area contributed by atoms with Crippen molar-refractivity contribution in [2.45, 2.75) is 70.4 Å². The van der Waals surface area contributed by atoms with Crippen molar-refractivity contribution in [1.29, 1.82) is 0 Å². The molecule has 1 aromatic heterocycles. The topological polar surface area (TPSA) is 54.5 Å². The van der Waals surface area contributed by atoms with E-state index in [0.29, 0.717) is 12.0 Å². The number of carbonyl (C=O) groups excluding carboxylic acids is 1. The standard InChI is InChI=1S/C23H31N3O2S/c1-23(2,3)28-22(27)26-14-12-17(13-15-26)24-21-25-20-18(10-7-11-19(20)29-21)16-8-5-4-6-9-16/h4-6,8-9,17-18H,7,10-15H2,1-3H3,(H,24,25). The molecule has 1 unspecified atom stereocenters. The first-order chi connectivity index (χ1) is 13.9. The van der Waals surface area contributed by atoms with Crippen LogP contribution < -0.4 is 5.32 Å². The lowest BCUT2D eigenvalue weighted by Crippen LogP contribution is -2.44. The molecule has 6 heteroatoms. The number of rotatable bonds is 3. The van der Waals surface area contributed by atoms with E-state index >= 15 is 0 Å². The minimum Gasteiger partial charge on any atom is -0.444 e. The number of thiazole rings is 1. The highest BCUT2D eigenvalue weighted by atomic mass is 32.1. The van der Waals surface area contributed by atoms with Crippen molar-refractivity contribution in [3.63, 3.8) is 0 Å². The fraction of sp³-hybridized carbons (Fsp3) is 0.565. The molecule has 2 aromatic rings. The number of nitrogens with one attached hydrogen (secondary N) is 1. The van der Waals surface area contributed by atoms with Gasteiger partial charge in [-0.3, -0.25) is 0 Å². The monoisotopic (exact) mass is 413 g/mol. The summed E-state index contributed by atoms with van der Waals surface area (Å²) in [6, 6.07) is 11.1. The molecule has 0 radical (unpaired) electrons. The Morgan fingerprint density at radius 1 is 1.17 bits per heavy atom. The Morgan fingerprint density at radius 2 is 1.90 bits per heavy atom. The average Bonchev–Trinajstić information content (AvgIpc) is 3.10. The molecule has 5 nitrogen and oxygen atoms in total. The number of likely N-dealkylation sites (tertiary alicyclic amines) is 1. The van der Waals surface area contributed by atoms with Crippen molar-refractivity contribution >= 4 is 22.6 Å². The molecule has 0 spiro atoms. The van der Waals surface area contributed by atoms with Crippen LogP contribution in [-0.4, -0.2) is 40.7 Å². The average molecular weight is 414 g/mol. The zero-order valence-corrected chi connectivity index (χ0v) is 18.4. The highest BCUT2D eigenvalue weighted by Crippen LogP contribution is 2.40. The van der Waals surface area contributed by atoms with Crippen LogP contribution >= 0.6 is 11.3 Å². The molecule has 0 saturated carbocycles. The number of anilines is 1. The molecule has 29 heavy (non-hydrogen) atoms. The molecule has 1 amide bonds. The summed E-state index contributed by atoms with van der Waals surface area (Å²) in [5.74, 6) is 0.417. The number of ether oxygens (including phenoxy) is 1. The first-order valence-corrected chi connectivity index (χ1v) is 11.5. The Hall–Kier alpha value is -2.08. The molecule has 1 aromatic carbocycles. The Morgan fingerprint density at radius 3 is 2.59 bits per heavy atom. The predicted octanol–water partition coefficient (Wildman–Crippen LogP) is 5.42. The number of hydrogen-bond acceptors (Lipinski definition) is 5. The quantitative estimate of drug-likeness (QED) is 0.730. The molecule has 156 valence electrons. The second-order valence-corrected chi connectivity index (χ2v) is 10.2. The normalized spacial score (nSPS) is 20.2. The van der Waals surface area contributed by atoms with Crippen LogP contribution in [0.15, 0.2) is 30.3 Å². The maximum absolute atomic E-state index is 12.3. The Labute approximate surface area is 177 Å². The van der Waals surface area contributed by atoms with E-state index in [1.807, 2.05) is 37.0 Å². The molecular weight excluding hydrogens is 382 g/mol. The van der Waals surface area contributed by atoms with Crippen LogP contribution in [0.2, 0.25) is 0 Å². The van der Waals surface area contributed by atoms with E-state index in [1.54, 1.807) is 0 Å². The zero-order chi connectivity index (χ0) is 20.4. The van der Waals surface area contributed by atoms with Gasteiger partial charge in [-0.1, -0.05) is 30.3 Å². The Balaban J connectivity index is 1.37. The van der Waals surface area contributed by atoms with Gasteiger partial charge in [-0.2, -0.15) is 0 Å². The van der Waals surface area contributed by atoms with E-state index in [1.165, 1.54) is 29.0 Å². The van der Waals surface area contributed by atoms with Crippen LogP contribution in [-0.2, 0) is 11.2 Å². The number of aryl methyl sites for hydroxylation is 1. The minimum absolute atomic E-state index is 0.202. The predicted molar refractivity (Wildman–Crippen MR) is 118 cm³/mol. The molecule has 1 fully saturated rings. The maximum Gasteiger partial charge on any atom is 0.410 e. The molecule has 1 N–H and O–H groups in total. The lowest BCUT2D eigenvalue weighted by molar-refractivity contribution is 0.0210. The summed E-state index contributed by atoms with van der Waals surface area (Å²) in [5, 5.41) is 4.68. The summed E-state index contributed by atoms with van der Waals surface area (Å²) < 4.78 is 5.50. The SMILES string of the molecule is CC(C)(C)OC(=O)N1CCC(Nc2nc3c(s2)CCCC3c2ccccc2)CC1. The fourth-order valence-electron chi connectivity index (χ4n) is 4.20. The number of piperidine rings is 1. The number of carbonyl (C=O) groups is 1. The third-order valence-corrected chi connectivity index (χ3v) is 6.69. The summed E-state index contributed by atoms with van der Waals surface area (Å²) >= 11 is 1.81. The second-order valence-electron chi connectivity index (χ2n) is 9.07. The van der Waals surface area contributed by atoms with Gasteiger partial charge in [-0.15, -0.1) is 11.3 Å². The fourth-order valence-corrected chi connectivity index (χ4v) is 5.34. The van der Waals surface area contributed by atoms with Gasteiger partial charge in [-0.25, -0.2) is 9.78 Å². The van der Waals surface area contributed by atoms with Crippen molar-refractivity contribution in [2.75, 3.05) is 18.4 Å². The van der Waals surface area contributed by atoms with Gasteiger partial charge in [-0.05, 0) is 58.4 Å². The lowest BCUT2D eigenvalue weighted by atomic mass is 9.85. The van der Waals surface area contributed by atoms with Crippen molar-refractivity contribution in [3.05, 3.63) is 46.5 Å². The van der Waals surface area contributed by atoms with Crippen molar-refractivity contribution in [2.24, 2.45) is 0 Å². The van der Waals surface area contributed by atoms with Gasteiger partial charge in [0.15, 0.2) is 5.13 Å². The summed E-state index contributed by atoms with van der Waals surface area (Å²) in [6.45, 7) is 7.18. The van der Waals surface area contributed by atoms with Gasteiger partial charge in [0.25, 0.3) is 0 Å². The molecule has 2 aliphatic rings. The zero-order valence-electron chi connectivity index (χ0n) is 17.6. The number of aromatic nitrogens is 1. The van der Waals surface area contributed by atoms with Crippen LogP contribution in [0.25, 0.3) is 0 Å². The van der Waals surface area contributed by atoms with Gasteiger partial charge in [0.2, 0.25) is 0 Å². The Kier molecular flexibility index (Phi) is 5.81. The largest absolute Gasteiger partial charge is 0.444 e. The highest BCUT2D eigenvalue weighted by Gasteiger charge is 2.29. The summed E-state index contributed by atoms with van der Waals surface area (Å²) in [5.41, 5.74) is 2.19. The lowest BCUT2D eigenvalue weighted by Gasteiger charge is -2.33. The maximum atomic E-state index is 12.3. The van der Waals surface area contributed by atoms with Crippen molar-refractivity contribution in [3.8, 4) is 0 Å². The summed E-state index contributed by atoms with van der Waals surface area (Å²) in [7, 11) is 0. The number of hydrogen-bond donors (Lipinski definition) is 1. The van der Waals surface area contributed by atoms with Crippen molar-refractivity contribution in [1.82, 2.24) is 9.88 Å². The Bertz CT molecular complexity index is 836. The molecule has 2 heterocycles. The third kappa shape index (κ3) is 4.92. The van der Waals surface area contributed by atoms with E-state index in [9.17, 15) is 4.79 Å². The molecule has 1 saturated heterocycles. The van der Waals surface area contributed by atoms with Gasteiger partial charge in [0, 0.05) is 29.9 Å². The summed E-state index contributed by atoms with van der Waals surface area (Å²) in [4.78, 5) is 20.5. The molecule has 1 aliphatic carbocycles. The van der Waals surface area contributed by atoms with Crippen LogP contribution in [0.5, 0.6) is 0 Å². The van der Waals surface area contributed by atoms with Crippen LogP contribution in [0.3, 0.4) is 0 Å². The molecular formula is C23H31N3O2S. The summed E-state index contributed by atoms with van der Waals surface area (Å²) in [6.07, 6.45) is 5.18. The number of benzene rings is 1. The number of nitrogens with zero attached hydrogens (tertiary/aromatic N) is 2. The van der Waals surface area contributed by atoms with Gasteiger partial charge in [0.05, 0.1) is 5.69 Å². The molecule has 4 rings (SSSR count). The van der Waals surface area contributed by atoms with E-state index in [2.05, 4.69) is 35.6 Å². The van der Waals surface area contributed by atoms with E-state index in [-0.39, 0.29) is 6.09 Å². The smallest absolute Gasteiger partial charge is 0.410 e. The van der Waals surface area contributed by atoms with Crippen LogP contribution in [0.1, 0.15) is 68.5 Å². The number of fused-ring (bicyclic) bond motifs is 1. The van der Waals surface area contributed by atoms with Gasteiger partial charge >= 0.3 is 6.09 Å². The number of amides is 1. The van der Waals surface area contributed by atoms with Crippen LogP contribution in [0, 0.1) is 0 Å². The molecule has 1 atom stereocenters. The first-order valence-electron chi connectivity index (χ1n) is 10.7. The highest BCUT2D eigenvalue weighted by molar-refractivity contribution is 7.15. The van der Waals surface area contributed by atoms with E-state index < -0.39 is 5.60 Å². The van der Waals surface area contributed by atoms with Gasteiger partial charge < -0.3 is 15.0 Å². The van der Waals surface area contributed by atoms with Crippen molar-refractivity contribution < 1.29 is 9.53 Å². The van der Waals surface area contributed by atoms with E-state index in [4.69, 9.17) is 9.72 Å². The first kappa shape index (κ1) is 20.2. The molecule has 0 bridgehead atoms. The minimum atomic E-state index is -0.443. The van der Waals surface area contributed by atoms with Gasteiger partial charge in [0.1, 0.15) is 5.60 Å². The van der Waals surface area contributed by atoms with Crippen LogP contribution in [0.4, 0.5) is 9.93 Å². The molecule has 1 aliphatic heterocycles. The van der Waals surface area contributed by atoms with E-state index in [0.717, 1.165) is 37.5 Å². The second kappa shape index (κ2) is 8.34. The third-order valence-electron chi connectivity index (χ3n) is 5.63.